The number of aryl methyl sites for hydroxylation is 2. The topological polar surface area (TPSA) is 0 Å². The zero-order valence-corrected chi connectivity index (χ0v) is 18.3. The van der Waals surface area contributed by atoms with Gasteiger partial charge < -0.3 is 0 Å². The zero-order valence-electron chi connectivity index (χ0n) is 18.3. The Morgan fingerprint density at radius 2 is 1.33 bits per heavy atom. The highest BCUT2D eigenvalue weighted by Crippen LogP contribution is 2.38. The molecule has 0 amide bonds. The number of hydrogen-bond acceptors (Lipinski definition) is 0. The molecule has 0 nitrogen and oxygen atoms in total. The highest BCUT2D eigenvalue weighted by molar-refractivity contribution is 5.28. The minimum absolute atomic E-state index is 0.578. The van der Waals surface area contributed by atoms with E-state index >= 15 is 0 Å². The van der Waals surface area contributed by atoms with Crippen molar-refractivity contribution in [3.8, 4) is 0 Å². The maximum Gasteiger partial charge on any atom is 0.416 e. The second-order valence-corrected chi connectivity index (χ2v) is 9.48. The van der Waals surface area contributed by atoms with Crippen molar-refractivity contribution < 1.29 is 13.2 Å². The molecule has 2 aromatic carbocycles. The molecule has 1 saturated carbocycles. The summed E-state index contributed by atoms with van der Waals surface area (Å²) in [6, 6.07) is 14.5. The molecule has 164 valence electrons. The average Bonchev–Trinajstić information content (AvgIpc) is 2.73. The number of alkyl halides is 3. The van der Waals surface area contributed by atoms with E-state index in [2.05, 4.69) is 38.1 Å². The Morgan fingerprint density at radius 1 is 0.800 bits per heavy atom. The van der Waals surface area contributed by atoms with Gasteiger partial charge in [-0.3, -0.25) is 0 Å². The molecular weight excluding hydrogens is 381 g/mol. The fourth-order valence-corrected chi connectivity index (χ4v) is 4.70. The van der Waals surface area contributed by atoms with E-state index < -0.39 is 11.7 Å². The minimum Gasteiger partial charge on any atom is -0.166 e. The highest BCUT2D eigenvalue weighted by atomic mass is 19.4. The molecule has 0 heterocycles. The van der Waals surface area contributed by atoms with Gasteiger partial charge in [-0.25, -0.2) is 0 Å². The maximum absolute atomic E-state index is 12.7. The van der Waals surface area contributed by atoms with Crippen LogP contribution in [0, 0.1) is 11.8 Å². The van der Waals surface area contributed by atoms with Crippen LogP contribution in [0.5, 0.6) is 0 Å². The molecule has 0 N–H and O–H groups in total. The zero-order chi connectivity index (χ0) is 21.6. The fourth-order valence-electron chi connectivity index (χ4n) is 4.70. The summed E-state index contributed by atoms with van der Waals surface area (Å²) in [7, 11) is 0. The van der Waals surface area contributed by atoms with Crippen molar-refractivity contribution >= 4 is 0 Å². The molecule has 1 aliphatic carbocycles. The monoisotopic (exact) mass is 416 g/mol. The van der Waals surface area contributed by atoms with Gasteiger partial charge in [-0.1, -0.05) is 69.5 Å². The van der Waals surface area contributed by atoms with Crippen LogP contribution < -0.4 is 0 Å². The first-order valence-corrected chi connectivity index (χ1v) is 11.6. The molecule has 0 atom stereocenters. The average molecular weight is 417 g/mol. The van der Waals surface area contributed by atoms with Gasteiger partial charge in [0.15, 0.2) is 0 Å². The van der Waals surface area contributed by atoms with Gasteiger partial charge in [0.05, 0.1) is 5.56 Å². The molecule has 3 heteroatoms. The molecule has 0 bridgehead atoms. The first-order valence-electron chi connectivity index (χ1n) is 11.6. The van der Waals surface area contributed by atoms with Crippen LogP contribution in [0.2, 0.25) is 0 Å². The van der Waals surface area contributed by atoms with Crippen molar-refractivity contribution in [3.05, 3.63) is 70.8 Å². The second-order valence-electron chi connectivity index (χ2n) is 9.48. The van der Waals surface area contributed by atoms with Gasteiger partial charge in [0.2, 0.25) is 0 Å². The summed E-state index contributed by atoms with van der Waals surface area (Å²) in [5, 5.41) is 0. The lowest BCUT2D eigenvalue weighted by Gasteiger charge is -2.29. The summed E-state index contributed by atoms with van der Waals surface area (Å²) in [6.07, 6.45) is 6.81. The largest absolute Gasteiger partial charge is 0.416 e. The van der Waals surface area contributed by atoms with E-state index in [0.29, 0.717) is 5.92 Å². The first kappa shape index (κ1) is 22.9. The van der Waals surface area contributed by atoms with Gasteiger partial charge in [0.25, 0.3) is 0 Å². The summed E-state index contributed by atoms with van der Waals surface area (Å²) < 4.78 is 38.0. The lowest BCUT2D eigenvalue weighted by molar-refractivity contribution is -0.137. The maximum atomic E-state index is 12.7. The van der Waals surface area contributed by atoms with Crippen LogP contribution in [0.1, 0.15) is 87.0 Å². The first-order chi connectivity index (χ1) is 14.3. The molecule has 0 saturated heterocycles. The van der Waals surface area contributed by atoms with Gasteiger partial charge in [-0.2, -0.15) is 13.2 Å². The fraction of sp³-hybridized carbons (Fsp3) is 0.556. The Hall–Kier alpha value is -1.77. The molecule has 0 aliphatic heterocycles. The number of hydrogen-bond donors (Lipinski definition) is 0. The molecule has 1 aliphatic rings. The standard InChI is InChI=1S/C27H35F3/c1-20(2)4-3-5-21-8-14-24(15-9-21)25-16-10-22(11-17-25)6-7-23-12-18-26(19-13-23)27(28,29)30/h10-13,16-21,24H,3-9,14-15H2,1-2H3. The predicted molar refractivity (Wildman–Crippen MR) is 119 cm³/mol. The molecule has 1 fully saturated rings. The number of rotatable bonds is 8. The van der Waals surface area contributed by atoms with Crippen LogP contribution in [-0.2, 0) is 19.0 Å². The summed E-state index contributed by atoms with van der Waals surface area (Å²) in [5.41, 5.74) is 3.07. The van der Waals surface area contributed by atoms with Crippen molar-refractivity contribution in [3.63, 3.8) is 0 Å². The highest BCUT2D eigenvalue weighted by Gasteiger charge is 2.29. The molecule has 0 unspecified atom stereocenters. The summed E-state index contributed by atoms with van der Waals surface area (Å²) in [5.74, 6) is 2.43. The third kappa shape index (κ3) is 6.89. The lowest BCUT2D eigenvalue weighted by atomic mass is 9.77. The van der Waals surface area contributed by atoms with Crippen LogP contribution in [0.3, 0.4) is 0 Å². The smallest absolute Gasteiger partial charge is 0.166 e. The van der Waals surface area contributed by atoms with Crippen LogP contribution in [0.4, 0.5) is 13.2 Å². The van der Waals surface area contributed by atoms with E-state index in [1.807, 2.05) is 0 Å². The van der Waals surface area contributed by atoms with E-state index in [1.54, 1.807) is 12.1 Å². The Kier molecular flexibility index (Phi) is 8.02. The van der Waals surface area contributed by atoms with Crippen LogP contribution in [0.15, 0.2) is 48.5 Å². The van der Waals surface area contributed by atoms with Gasteiger partial charge in [0, 0.05) is 0 Å². The predicted octanol–water partition coefficient (Wildman–Crippen LogP) is 8.59. The molecule has 0 aromatic heterocycles. The Bertz CT molecular complexity index is 748. The summed E-state index contributed by atoms with van der Waals surface area (Å²) in [6.45, 7) is 4.62. The third-order valence-corrected chi connectivity index (χ3v) is 6.68. The van der Waals surface area contributed by atoms with Crippen molar-refractivity contribution in [2.24, 2.45) is 11.8 Å². The van der Waals surface area contributed by atoms with Crippen molar-refractivity contribution in [1.29, 1.82) is 0 Å². The quantitative estimate of drug-likeness (QED) is 0.404. The molecule has 0 spiro atoms. The van der Waals surface area contributed by atoms with E-state index in [1.165, 1.54) is 68.2 Å². The summed E-state index contributed by atoms with van der Waals surface area (Å²) >= 11 is 0. The van der Waals surface area contributed by atoms with Crippen molar-refractivity contribution in [2.45, 2.75) is 83.7 Å². The van der Waals surface area contributed by atoms with E-state index in [-0.39, 0.29) is 0 Å². The Labute approximate surface area is 179 Å². The van der Waals surface area contributed by atoms with Crippen LogP contribution in [-0.4, -0.2) is 0 Å². The Balaban J connectivity index is 1.44. The Morgan fingerprint density at radius 3 is 1.83 bits per heavy atom. The molecule has 2 aromatic rings. The molecule has 30 heavy (non-hydrogen) atoms. The summed E-state index contributed by atoms with van der Waals surface area (Å²) in [4.78, 5) is 0. The van der Waals surface area contributed by atoms with Crippen molar-refractivity contribution in [2.75, 3.05) is 0 Å². The molecule has 0 radical (unpaired) electrons. The van der Waals surface area contributed by atoms with E-state index in [0.717, 1.165) is 30.2 Å². The number of benzene rings is 2. The van der Waals surface area contributed by atoms with Gasteiger partial charge in [-0.15, -0.1) is 0 Å². The normalized spacial score (nSPS) is 19.9. The van der Waals surface area contributed by atoms with E-state index in [9.17, 15) is 13.2 Å². The minimum atomic E-state index is -4.26. The number of halogens is 3. The second kappa shape index (κ2) is 10.5. The van der Waals surface area contributed by atoms with Crippen molar-refractivity contribution in [1.82, 2.24) is 0 Å². The van der Waals surface area contributed by atoms with Crippen LogP contribution >= 0.6 is 0 Å². The van der Waals surface area contributed by atoms with Crippen LogP contribution in [0.25, 0.3) is 0 Å². The van der Waals surface area contributed by atoms with Gasteiger partial charge >= 0.3 is 6.18 Å². The third-order valence-electron chi connectivity index (χ3n) is 6.68. The SMILES string of the molecule is CC(C)CCCC1CCC(c2ccc(CCc3ccc(C(F)(F)F)cc3)cc2)CC1. The lowest BCUT2D eigenvalue weighted by Crippen LogP contribution is -2.13. The van der Waals surface area contributed by atoms with Gasteiger partial charge in [-0.05, 0) is 85.1 Å². The molecular formula is C27H35F3. The van der Waals surface area contributed by atoms with Gasteiger partial charge in [0.1, 0.15) is 0 Å². The molecule has 3 rings (SSSR count). The van der Waals surface area contributed by atoms with E-state index in [4.69, 9.17) is 0 Å².